The summed E-state index contributed by atoms with van der Waals surface area (Å²) in [6, 6.07) is 22.5. The summed E-state index contributed by atoms with van der Waals surface area (Å²) in [6.45, 7) is 2.80. The maximum atomic E-state index is 12.6. The van der Waals surface area contributed by atoms with Crippen LogP contribution in [0.3, 0.4) is 0 Å². The summed E-state index contributed by atoms with van der Waals surface area (Å²) in [7, 11) is 1.94. The Balaban J connectivity index is 1.36. The van der Waals surface area contributed by atoms with Crippen molar-refractivity contribution in [2.75, 3.05) is 11.9 Å². The fourth-order valence-corrected chi connectivity index (χ4v) is 4.59. The zero-order valence-corrected chi connectivity index (χ0v) is 21.3. The van der Waals surface area contributed by atoms with Gasteiger partial charge >= 0.3 is 0 Å². The molecular formula is C27H27ClN4O2S. The number of rotatable bonds is 10. The van der Waals surface area contributed by atoms with E-state index in [1.807, 2.05) is 72.3 Å². The number of nitrogens with zero attached hydrogens (tertiary/aromatic N) is 3. The van der Waals surface area contributed by atoms with Crippen LogP contribution in [0.15, 0.2) is 78.0 Å². The SMILES string of the molecule is CCCCOc1ccc(C(=O)Nc2ccc(-c3nnc(SCc4ccccc4Cl)n3C)cc2)cc1. The quantitative estimate of drug-likeness (QED) is 0.188. The second-order valence-electron chi connectivity index (χ2n) is 8.00. The number of carbonyl (C=O) groups is 1. The summed E-state index contributed by atoms with van der Waals surface area (Å²) < 4.78 is 7.61. The molecule has 0 aliphatic carbocycles. The van der Waals surface area contributed by atoms with E-state index >= 15 is 0 Å². The molecule has 0 saturated carbocycles. The highest BCUT2D eigenvalue weighted by Crippen LogP contribution is 2.28. The highest BCUT2D eigenvalue weighted by Gasteiger charge is 2.13. The Labute approximate surface area is 214 Å². The minimum Gasteiger partial charge on any atom is -0.494 e. The number of ether oxygens (including phenoxy) is 1. The monoisotopic (exact) mass is 506 g/mol. The number of halogens is 1. The van der Waals surface area contributed by atoms with Crippen LogP contribution in [0.5, 0.6) is 5.75 Å². The van der Waals surface area contributed by atoms with E-state index in [4.69, 9.17) is 16.3 Å². The number of carbonyl (C=O) groups excluding carboxylic acids is 1. The highest BCUT2D eigenvalue weighted by molar-refractivity contribution is 7.98. The zero-order chi connectivity index (χ0) is 24.6. The van der Waals surface area contributed by atoms with Crippen molar-refractivity contribution in [3.63, 3.8) is 0 Å². The lowest BCUT2D eigenvalue weighted by Gasteiger charge is -2.09. The summed E-state index contributed by atoms with van der Waals surface area (Å²) in [4.78, 5) is 12.6. The summed E-state index contributed by atoms with van der Waals surface area (Å²) in [5.74, 6) is 2.06. The molecule has 180 valence electrons. The molecule has 0 atom stereocenters. The van der Waals surface area contributed by atoms with Crippen LogP contribution < -0.4 is 10.1 Å². The Morgan fingerprint density at radius 2 is 1.77 bits per heavy atom. The summed E-state index contributed by atoms with van der Waals surface area (Å²) >= 11 is 7.84. The van der Waals surface area contributed by atoms with Gasteiger partial charge in [-0.25, -0.2) is 0 Å². The van der Waals surface area contributed by atoms with Crippen molar-refractivity contribution >= 4 is 35.0 Å². The van der Waals surface area contributed by atoms with Gasteiger partial charge in [-0.3, -0.25) is 4.79 Å². The van der Waals surface area contributed by atoms with Crippen molar-refractivity contribution in [2.24, 2.45) is 7.05 Å². The van der Waals surface area contributed by atoms with E-state index in [1.165, 1.54) is 0 Å². The van der Waals surface area contributed by atoms with Gasteiger partial charge in [-0.15, -0.1) is 10.2 Å². The largest absolute Gasteiger partial charge is 0.494 e. The molecule has 0 bridgehead atoms. The second-order valence-corrected chi connectivity index (χ2v) is 9.35. The second kappa shape index (κ2) is 11.9. The first-order valence-corrected chi connectivity index (χ1v) is 12.8. The molecular weight excluding hydrogens is 480 g/mol. The minimum absolute atomic E-state index is 0.172. The molecule has 0 fully saturated rings. The number of hydrogen-bond acceptors (Lipinski definition) is 5. The normalized spacial score (nSPS) is 10.8. The lowest BCUT2D eigenvalue weighted by molar-refractivity contribution is 0.102. The van der Waals surface area contributed by atoms with Crippen LogP contribution in [0.1, 0.15) is 35.7 Å². The number of hydrogen-bond donors (Lipinski definition) is 1. The molecule has 35 heavy (non-hydrogen) atoms. The predicted molar refractivity (Wildman–Crippen MR) is 142 cm³/mol. The maximum absolute atomic E-state index is 12.6. The fraction of sp³-hybridized carbons (Fsp3) is 0.222. The van der Waals surface area contributed by atoms with Crippen molar-refractivity contribution in [1.29, 1.82) is 0 Å². The molecule has 6 nitrogen and oxygen atoms in total. The van der Waals surface area contributed by atoms with Crippen LogP contribution in [0.25, 0.3) is 11.4 Å². The van der Waals surface area contributed by atoms with Gasteiger partial charge < -0.3 is 14.6 Å². The number of aromatic nitrogens is 3. The number of nitrogens with one attached hydrogen (secondary N) is 1. The number of unbranched alkanes of at least 4 members (excludes halogenated alkanes) is 1. The van der Waals surface area contributed by atoms with Crippen LogP contribution in [0.2, 0.25) is 5.02 Å². The third kappa shape index (κ3) is 6.44. The Kier molecular flexibility index (Phi) is 8.45. The first-order valence-electron chi connectivity index (χ1n) is 11.5. The Morgan fingerprint density at radius 1 is 1.03 bits per heavy atom. The van der Waals surface area contributed by atoms with Gasteiger partial charge in [-0.2, -0.15) is 0 Å². The summed E-state index contributed by atoms with van der Waals surface area (Å²) in [5, 5.41) is 13.2. The van der Waals surface area contributed by atoms with Gasteiger partial charge in [0.25, 0.3) is 5.91 Å². The van der Waals surface area contributed by atoms with Gasteiger partial charge in [0.05, 0.1) is 6.61 Å². The van der Waals surface area contributed by atoms with Crippen LogP contribution >= 0.6 is 23.4 Å². The molecule has 0 aliphatic rings. The molecule has 0 saturated heterocycles. The zero-order valence-electron chi connectivity index (χ0n) is 19.7. The first kappa shape index (κ1) is 24.8. The van der Waals surface area contributed by atoms with Gasteiger partial charge in [-0.1, -0.05) is 54.9 Å². The van der Waals surface area contributed by atoms with Gasteiger partial charge in [0.1, 0.15) is 5.75 Å². The Morgan fingerprint density at radius 3 is 2.49 bits per heavy atom. The van der Waals surface area contributed by atoms with Crippen molar-refractivity contribution in [2.45, 2.75) is 30.7 Å². The smallest absolute Gasteiger partial charge is 0.255 e. The van der Waals surface area contributed by atoms with E-state index < -0.39 is 0 Å². The maximum Gasteiger partial charge on any atom is 0.255 e. The van der Waals surface area contributed by atoms with Crippen molar-refractivity contribution < 1.29 is 9.53 Å². The molecule has 1 heterocycles. The third-order valence-electron chi connectivity index (χ3n) is 5.43. The molecule has 0 unspecified atom stereocenters. The molecule has 0 spiro atoms. The third-order valence-corrected chi connectivity index (χ3v) is 6.87. The topological polar surface area (TPSA) is 69.0 Å². The van der Waals surface area contributed by atoms with E-state index in [0.29, 0.717) is 23.6 Å². The molecule has 4 rings (SSSR count). The first-order chi connectivity index (χ1) is 17.0. The molecule has 3 aromatic carbocycles. The fourth-order valence-electron chi connectivity index (χ4n) is 3.39. The summed E-state index contributed by atoms with van der Waals surface area (Å²) in [5.41, 5.74) is 3.25. The molecule has 0 aliphatic heterocycles. The van der Waals surface area contributed by atoms with Gasteiger partial charge in [0, 0.05) is 34.6 Å². The van der Waals surface area contributed by atoms with E-state index in [9.17, 15) is 4.79 Å². The molecule has 0 radical (unpaired) electrons. The molecule has 8 heteroatoms. The standard InChI is InChI=1S/C27H27ClN4O2S/c1-3-4-17-34-23-15-11-20(12-16-23)26(33)29-22-13-9-19(10-14-22)25-30-31-27(32(25)2)35-18-21-7-5-6-8-24(21)28/h5-16H,3-4,17-18H2,1-2H3,(H,29,33). The van der Waals surface area contributed by atoms with Crippen LogP contribution in [-0.2, 0) is 12.8 Å². The van der Waals surface area contributed by atoms with E-state index in [-0.39, 0.29) is 5.91 Å². The number of benzene rings is 3. The number of thioether (sulfide) groups is 1. The Hall–Kier alpha value is -3.29. The summed E-state index contributed by atoms with van der Waals surface area (Å²) in [6.07, 6.45) is 2.09. The Bertz CT molecular complexity index is 1270. The average molecular weight is 507 g/mol. The molecule has 1 N–H and O–H groups in total. The minimum atomic E-state index is -0.172. The average Bonchev–Trinajstić information content (AvgIpc) is 3.24. The molecule has 1 aromatic heterocycles. The number of amides is 1. The van der Waals surface area contributed by atoms with E-state index in [1.54, 1.807) is 23.9 Å². The van der Waals surface area contributed by atoms with Crippen molar-refractivity contribution in [1.82, 2.24) is 14.8 Å². The number of anilines is 1. The lowest BCUT2D eigenvalue weighted by Crippen LogP contribution is -2.11. The van der Waals surface area contributed by atoms with E-state index in [2.05, 4.69) is 22.4 Å². The molecule has 4 aromatic rings. The van der Waals surface area contributed by atoms with Gasteiger partial charge in [0.2, 0.25) is 0 Å². The van der Waals surface area contributed by atoms with Crippen molar-refractivity contribution in [3.05, 3.63) is 88.9 Å². The van der Waals surface area contributed by atoms with Crippen LogP contribution in [0.4, 0.5) is 5.69 Å². The van der Waals surface area contributed by atoms with Crippen molar-refractivity contribution in [3.8, 4) is 17.1 Å². The van der Waals surface area contributed by atoms with Gasteiger partial charge in [0.15, 0.2) is 11.0 Å². The lowest BCUT2D eigenvalue weighted by atomic mass is 10.1. The predicted octanol–water partition coefficient (Wildman–Crippen LogP) is 6.86. The van der Waals surface area contributed by atoms with E-state index in [0.717, 1.165) is 45.7 Å². The highest BCUT2D eigenvalue weighted by atomic mass is 35.5. The van der Waals surface area contributed by atoms with Crippen LogP contribution in [0, 0.1) is 0 Å². The van der Waals surface area contributed by atoms with Gasteiger partial charge in [-0.05, 0) is 66.6 Å². The molecule has 1 amide bonds. The van der Waals surface area contributed by atoms with Crippen LogP contribution in [-0.4, -0.2) is 27.3 Å².